The molecule has 0 spiro atoms. The number of nitrogens with zero attached hydrogens (tertiary/aromatic N) is 2. The number of benzene rings is 2. The van der Waals surface area contributed by atoms with Gasteiger partial charge in [0.05, 0.1) is 19.8 Å². The Morgan fingerprint density at radius 3 is 2.48 bits per heavy atom. The minimum absolute atomic E-state index is 0.179. The summed E-state index contributed by atoms with van der Waals surface area (Å²) in [5, 5.41) is 3.93. The Hall–Kier alpha value is -2.72. The first kappa shape index (κ1) is 24.9. The van der Waals surface area contributed by atoms with Crippen molar-refractivity contribution in [2.45, 2.75) is 6.42 Å². The average Bonchev–Trinajstić information content (AvgIpc) is 2.84. The van der Waals surface area contributed by atoms with E-state index in [1.165, 1.54) is 10.4 Å². The van der Waals surface area contributed by atoms with Gasteiger partial charge in [0.15, 0.2) is 0 Å². The van der Waals surface area contributed by atoms with Gasteiger partial charge in [-0.2, -0.15) is 4.31 Å². The molecular weight excluding hydrogens is 442 g/mol. The molecule has 3 rings (SSSR count). The van der Waals surface area contributed by atoms with Crippen molar-refractivity contribution >= 4 is 33.4 Å². The number of carbonyl (C=O) groups is 1. The number of rotatable bonds is 11. The maximum Gasteiger partial charge on any atom is 0.239 e. The van der Waals surface area contributed by atoms with Gasteiger partial charge >= 0.3 is 0 Å². The third-order valence-electron chi connectivity index (χ3n) is 5.20. The lowest BCUT2D eigenvalue weighted by Gasteiger charge is -2.29. The van der Waals surface area contributed by atoms with Crippen LogP contribution in [-0.4, -0.2) is 71.7 Å². The maximum atomic E-state index is 12.9. The minimum atomic E-state index is -3.79. The zero-order valence-corrected chi connectivity index (χ0v) is 19.7. The molecule has 0 aromatic heterocycles. The SMILES string of the molecule is COCCCN(CC(=O)Nc1ccc(N2CCOCC2)cc1)S(=O)(=O)C=Cc1ccccc1. The van der Waals surface area contributed by atoms with Gasteiger partial charge in [-0.25, -0.2) is 8.42 Å². The predicted molar refractivity (Wildman–Crippen MR) is 131 cm³/mol. The fourth-order valence-corrected chi connectivity index (χ4v) is 4.62. The largest absolute Gasteiger partial charge is 0.385 e. The highest BCUT2D eigenvalue weighted by atomic mass is 32.2. The zero-order valence-electron chi connectivity index (χ0n) is 18.9. The summed E-state index contributed by atoms with van der Waals surface area (Å²) in [7, 11) is -2.23. The zero-order chi connectivity index (χ0) is 23.5. The normalized spacial score (nSPS) is 14.7. The van der Waals surface area contributed by atoms with Crippen LogP contribution in [0.2, 0.25) is 0 Å². The lowest BCUT2D eigenvalue weighted by atomic mass is 10.2. The molecule has 9 heteroatoms. The standard InChI is InChI=1S/C24H31N3O5S/c1-31-16-5-13-27(33(29,30)19-12-21-6-3-2-4-7-21)20-24(28)25-22-8-10-23(11-9-22)26-14-17-32-18-15-26/h2-4,6-12,19H,5,13-18,20H2,1H3,(H,25,28). The highest BCUT2D eigenvalue weighted by Crippen LogP contribution is 2.19. The lowest BCUT2D eigenvalue weighted by molar-refractivity contribution is -0.116. The second-order valence-corrected chi connectivity index (χ2v) is 9.45. The molecule has 1 fully saturated rings. The summed E-state index contributed by atoms with van der Waals surface area (Å²) in [6.07, 6.45) is 2.01. The molecule has 2 aromatic carbocycles. The van der Waals surface area contributed by atoms with E-state index in [1.54, 1.807) is 7.11 Å². The van der Waals surface area contributed by atoms with Gasteiger partial charge in [-0.05, 0) is 42.3 Å². The number of hydrogen-bond donors (Lipinski definition) is 1. The molecule has 1 N–H and O–H groups in total. The fraction of sp³-hybridized carbons (Fsp3) is 0.375. The summed E-state index contributed by atoms with van der Waals surface area (Å²) in [6, 6.07) is 16.7. The van der Waals surface area contributed by atoms with Gasteiger partial charge in [-0.15, -0.1) is 0 Å². The number of methoxy groups -OCH3 is 1. The van der Waals surface area contributed by atoms with Crippen LogP contribution in [0.4, 0.5) is 11.4 Å². The van der Waals surface area contributed by atoms with Gasteiger partial charge in [-0.3, -0.25) is 4.79 Å². The van der Waals surface area contributed by atoms with Crippen molar-refractivity contribution in [3.05, 3.63) is 65.6 Å². The summed E-state index contributed by atoms with van der Waals surface area (Å²) in [5.41, 5.74) is 2.44. The Kier molecular flexibility index (Phi) is 9.44. The van der Waals surface area contributed by atoms with Crippen molar-refractivity contribution in [1.82, 2.24) is 4.31 Å². The second kappa shape index (κ2) is 12.5. The van der Waals surface area contributed by atoms with E-state index < -0.39 is 15.9 Å². The highest BCUT2D eigenvalue weighted by molar-refractivity contribution is 7.92. The number of carbonyl (C=O) groups excluding carboxylic acids is 1. The lowest BCUT2D eigenvalue weighted by Crippen LogP contribution is -2.38. The van der Waals surface area contributed by atoms with Crippen LogP contribution in [0.25, 0.3) is 6.08 Å². The van der Waals surface area contributed by atoms with Gasteiger partial charge in [-0.1, -0.05) is 30.3 Å². The second-order valence-electron chi connectivity index (χ2n) is 7.63. The van der Waals surface area contributed by atoms with Gasteiger partial charge in [0.25, 0.3) is 0 Å². The van der Waals surface area contributed by atoms with Crippen LogP contribution in [-0.2, 0) is 24.3 Å². The summed E-state index contributed by atoms with van der Waals surface area (Å²) in [6.45, 7) is 3.36. The van der Waals surface area contributed by atoms with E-state index in [4.69, 9.17) is 9.47 Å². The quantitative estimate of drug-likeness (QED) is 0.505. The van der Waals surface area contributed by atoms with Gasteiger partial charge in [0, 0.05) is 50.1 Å². The highest BCUT2D eigenvalue weighted by Gasteiger charge is 2.22. The number of anilines is 2. The topological polar surface area (TPSA) is 88.2 Å². The molecule has 178 valence electrons. The molecule has 1 aliphatic rings. The molecule has 33 heavy (non-hydrogen) atoms. The number of nitrogens with one attached hydrogen (secondary N) is 1. The summed E-state index contributed by atoms with van der Waals surface area (Å²) >= 11 is 0. The van der Waals surface area contributed by atoms with Gasteiger partial charge in [0.1, 0.15) is 0 Å². The van der Waals surface area contributed by atoms with Crippen molar-refractivity contribution in [3.63, 3.8) is 0 Å². The molecule has 0 radical (unpaired) electrons. The monoisotopic (exact) mass is 473 g/mol. The molecule has 1 amide bonds. The Balaban J connectivity index is 1.63. The van der Waals surface area contributed by atoms with Crippen molar-refractivity contribution in [2.75, 3.05) is 63.3 Å². The first-order chi connectivity index (χ1) is 16.0. The van der Waals surface area contributed by atoms with Crippen LogP contribution < -0.4 is 10.2 Å². The summed E-state index contributed by atoms with van der Waals surface area (Å²) in [5.74, 6) is -0.400. The van der Waals surface area contributed by atoms with Crippen molar-refractivity contribution in [3.8, 4) is 0 Å². The Morgan fingerprint density at radius 1 is 1.12 bits per heavy atom. The molecule has 1 heterocycles. The maximum absolute atomic E-state index is 12.9. The molecule has 0 bridgehead atoms. The molecule has 0 unspecified atom stereocenters. The van der Waals surface area contributed by atoms with Gasteiger partial charge in [0.2, 0.25) is 15.9 Å². The molecule has 1 aliphatic heterocycles. The molecular formula is C24H31N3O5S. The van der Waals surface area contributed by atoms with E-state index >= 15 is 0 Å². The fourth-order valence-electron chi connectivity index (χ4n) is 3.43. The smallest absolute Gasteiger partial charge is 0.239 e. The minimum Gasteiger partial charge on any atom is -0.385 e. The van der Waals surface area contributed by atoms with Crippen LogP contribution in [0, 0.1) is 0 Å². The molecule has 0 saturated carbocycles. The van der Waals surface area contributed by atoms with E-state index in [0.717, 1.165) is 29.7 Å². The first-order valence-electron chi connectivity index (χ1n) is 10.9. The number of sulfonamides is 1. The van der Waals surface area contributed by atoms with Crippen molar-refractivity contribution < 1.29 is 22.7 Å². The Labute approximate surface area is 195 Å². The number of amides is 1. The van der Waals surface area contributed by atoms with E-state index in [9.17, 15) is 13.2 Å². The molecule has 0 atom stereocenters. The van der Waals surface area contributed by atoms with Crippen LogP contribution in [0.1, 0.15) is 12.0 Å². The number of hydrogen-bond acceptors (Lipinski definition) is 6. The van der Waals surface area contributed by atoms with E-state index in [0.29, 0.717) is 31.9 Å². The third kappa shape index (κ3) is 7.97. The van der Waals surface area contributed by atoms with Gasteiger partial charge < -0.3 is 19.7 Å². The van der Waals surface area contributed by atoms with Crippen LogP contribution in [0.5, 0.6) is 0 Å². The third-order valence-corrected chi connectivity index (χ3v) is 6.71. The van der Waals surface area contributed by atoms with Crippen molar-refractivity contribution in [1.29, 1.82) is 0 Å². The molecule has 2 aromatic rings. The predicted octanol–water partition coefficient (Wildman–Crippen LogP) is 2.80. The molecule has 8 nitrogen and oxygen atoms in total. The molecule has 1 saturated heterocycles. The Morgan fingerprint density at radius 2 is 1.82 bits per heavy atom. The van der Waals surface area contributed by atoms with Crippen LogP contribution in [0.3, 0.4) is 0 Å². The molecule has 0 aliphatic carbocycles. The van der Waals surface area contributed by atoms with E-state index in [1.807, 2.05) is 54.6 Å². The first-order valence-corrected chi connectivity index (χ1v) is 12.4. The number of ether oxygens (including phenoxy) is 2. The Bertz CT molecular complexity index is 1000. The van der Waals surface area contributed by atoms with E-state index in [-0.39, 0.29) is 13.1 Å². The van der Waals surface area contributed by atoms with E-state index in [2.05, 4.69) is 10.2 Å². The average molecular weight is 474 g/mol. The van der Waals surface area contributed by atoms with Crippen LogP contribution in [0.15, 0.2) is 60.0 Å². The van der Waals surface area contributed by atoms with Crippen LogP contribution >= 0.6 is 0 Å². The summed E-state index contributed by atoms with van der Waals surface area (Å²) < 4.78 is 37.4. The van der Waals surface area contributed by atoms with Crippen molar-refractivity contribution in [2.24, 2.45) is 0 Å². The number of morpholine rings is 1. The summed E-state index contributed by atoms with van der Waals surface area (Å²) in [4.78, 5) is 14.9.